The summed E-state index contributed by atoms with van der Waals surface area (Å²) in [5.74, 6) is -1.93. The summed E-state index contributed by atoms with van der Waals surface area (Å²) in [6.07, 6.45) is 4.21. The van der Waals surface area contributed by atoms with Crippen molar-refractivity contribution in [3.8, 4) is 10.6 Å². The van der Waals surface area contributed by atoms with Crippen LogP contribution in [0, 0.1) is 11.6 Å². The molecular weight excluding hydrogens is 470 g/mol. The molecule has 0 fully saturated rings. The minimum Gasteiger partial charge on any atom is -0.349 e. The van der Waals surface area contributed by atoms with Crippen molar-refractivity contribution < 1.29 is 13.6 Å². The van der Waals surface area contributed by atoms with Gasteiger partial charge in [0.2, 0.25) is 5.01 Å². The first-order valence-corrected chi connectivity index (χ1v) is 11.2. The van der Waals surface area contributed by atoms with E-state index in [1.165, 1.54) is 6.07 Å². The Kier molecular flexibility index (Phi) is 6.48. The number of hydrogen-bond donors (Lipinski definition) is 1. The van der Waals surface area contributed by atoms with Crippen molar-refractivity contribution in [1.29, 1.82) is 0 Å². The number of aromatic nitrogens is 5. The third-order valence-corrected chi connectivity index (χ3v) is 6.56. The topological polar surface area (TPSA) is 85.6 Å². The predicted octanol–water partition coefficient (Wildman–Crippen LogP) is 4.39. The number of benzene rings is 1. The van der Waals surface area contributed by atoms with Crippen LogP contribution in [0.25, 0.3) is 10.6 Å². The maximum Gasteiger partial charge on any atom is 0.282 e. The van der Waals surface area contributed by atoms with Crippen LogP contribution in [-0.2, 0) is 12.5 Å². The van der Waals surface area contributed by atoms with E-state index in [0.29, 0.717) is 17.3 Å². The zero-order valence-electron chi connectivity index (χ0n) is 17.7. The van der Waals surface area contributed by atoms with E-state index in [1.807, 2.05) is 32.3 Å². The Morgan fingerprint density at radius 1 is 1.24 bits per heavy atom. The number of nitrogens with zero attached hydrogens (tertiary/aromatic N) is 5. The number of pyridine rings is 1. The van der Waals surface area contributed by atoms with Crippen molar-refractivity contribution in [1.82, 2.24) is 30.3 Å². The molecule has 1 N–H and O–H groups in total. The average molecular weight is 489 g/mol. The third kappa shape index (κ3) is 4.62. The van der Waals surface area contributed by atoms with Gasteiger partial charge >= 0.3 is 0 Å². The fourth-order valence-electron chi connectivity index (χ4n) is 3.59. The molecule has 1 unspecified atom stereocenters. The Balaban J connectivity index is 1.61. The van der Waals surface area contributed by atoms with Crippen molar-refractivity contribution in [2.45, 2.75) is 18.8 Å². The van der Waals surface area contributed by atoms with Crippen molar-refractivity contribution >= 4 is 28.8 Å². The van der Waals surface area contributed by atoms with E-state index in [9.17, 15) is 13.6 Å². The van der Waals surface area contributed by atoms with Gasteiger partial charge in [-0.15, -0.1) is 10.2 Å². The van der Waals surface area contributed by atoms with Crippen LogP contribution in [-0.4, -0.2) is 37.4 Å². The zero-order chi connectivity index (χ0) is 23.6. The first-order chi connectivity index (χ1) is 15.8. The fourth-order valence-corrected chi connectivity index (χ4v) is 4.54. The highest BCUT2D eigenvalue weighted by atomic mass is 35.5. The lowest BCUT2D eigenvalue weighted by Crippen LogP contribution is -2.42. The van der Waals surface area contributed by atoms with Gasteiger partial charge in [-0.25, -0.2) is 13.8 Å². The number of rotatable bonds is 7. The van der Waals surface area contributed by atoms with Crippen LogP contribution in [0.5, 0.6) is 0 Å². The number of carbonyl (C=O) groups excluding carboxylic acids is 1. The van der Waals surface area contributed by atoms with E-state index in [-0.39, 0.29) is 22.1 Å². The van der Waals surface area contributed by atoms with E-state index >= 15 is 0 Å². The molecule has 3 heterocycles. The van der Waals surface area contributed by atoms with E-state index in [4.69, 9.17) is 11.6 Å². The molecule has 1 aromatic carbocycles. The molecule has 0 saturated carbocycles. The van der Waals surface area contributed by atoms with Crippen LogP contribution in [0.15, 0.2) is 48.8 Å². The van der Waals surface area contributed by atoms with E-state index in [2.05, 4.69) is 25.6 Å². The van der Waals surface area contributed by atoms with E-state index < -0.39 is 23.0 Å². The number of nitrogens with one attached hydrogen (secondary N) is 1. The van der Waals surface area contributed by atoms with Gasteiger partial charge in [-0.05, 0) is 30.7 Å². The van der Waals surface area contributed by atoms with Gasteiger partial charge in [-0.3, -0.25) is 9.48 Å². The first kappa shape index (κ1) is 22.9. The maximum absolute atomic E-state index is 14.1. The molecule has 0 aliphatic heterocycles. The van der Waals surface area contributed by atoms with Crippen LogP contribution in [0.3, 0.4) is 0 Å². The van der Waals surface area contributed by atoms with Gasteiger partial charge in [-0.2, -0.15) is 5.10 Å². The molecule has 0 aliphatic carbocycles. The van der Waals surface area contributed by atoms with Crippen LogP contribution < -0.4 is 5.32 Å². The second kappa shape index (κ2) is 9.32. The van der Waals surface area contributed by atoms with Gasteiger partial charge in [-0.1, -0.05) is 35.9 Å². The summed E-state index contributed by atoms with van der Waals surface area (Å²) in [6, 6.07) is 8.50. The van der Waals surface area contributed by atoms with Gasteiger partial charge in [0, 0.05) is 37.0 Å². The number of hydrogen-bond acceptors (Lipinski definition) is 6. The highest BCUT2D eigenvalue weighted by molar-refractivity contribution is 7.16. The number of carbonyl (C=O) groups is 1. The standard InChI is InChI=1S/C22H19ClF2N6OS/c1-3-22(13-10-27-31(2)11-13,17-5-4-6-18(23)28-17)12-26-19(32)21-30-29-20(33-21)15-8-7-14(24)9-16(15)25/h4-11H,3,12H2,1-2H3,(H,26,32). The molecule has 0 aliphatic rings. The average Bonchev–Trinajstić information content (AvgIpc) is 3.44. The molecule has 0 radical (unpaired) electrons. The van der Waals surface area contributed by atoms with Crippen molar-refractivity contribution in [3.05, 3.63) is 81.8 Å². The Hall–Kier alpha value is -3.24. The summed E-state index contributed by atoms with van der Waals surface area (Å²) in [6.45, 7) is 2.18. The lowest BCUT2D eigenvalue weighted by atomic mass is 9.76. The SMILES string of the molecule is CCC(CNC(=O)c1nnc(-c2ccc(F)cc2F)s1)(c1cnn(C)c1)c1cccc(Cl)n1. The minimum absolute atomic E-state index is 0.0592. The van der Waals surface area contributed by atoms with Gasteiger partial charge in [0.25, 0.3) is 5.91 Å². The Labute approximate surface area is 197 Å². The number of amides is 1. The summed E-state index contributed by atoms with van der Waals surface area (Å²) in [5.41, 5.74) is 0.950. The summed E-state index contributed by atoms with van der Waals surface area (Å²) in [7, 11) is 1.81. The normalized spacial score (nSPS) is 13.0. The molecule has 170 valence electrons. The van der Waals surface area contributed by atoms with Gasteiger partial charge < -0.3 is 5.32 Å². The third-order valence-electron chi connectivity index (χ3n) is 5.40. The summed E-state index contributed by atoms with van der Waals surface area (Å²) < 4.78 is 29.0. The second-order valence-corrected chi connectivity index (χ2v) is 8.77. The predicted molar refractivity (Wildman–Crippen MR) is 121 cm³/mol. The molecule has 4 aromatic rings. The minimum atomic E-state index is -0.772. The van der Waals surface area contributed by atoms with Gasteiger partial charge in [0.15, 0.2) is 5.01 Å². The molecule has 0 spiro atoms. The van der Waals surface area contributed by atoms with Crippen molar-refractivity contribution in [2.24, 2.45) is 7.05 Å². The van der Waals surface area contributed by atoms with Gasteiger partial charge in [0.1, 0.15) is 16.8 Å². The van der Waals surface area contributed by atoms with Gasteiger partial charge in [0.05, 0.1) is 17.3 Å². The Morgan fingerprint density at radius 2 is 2.06 bits per heavy atom. The first-order valence-electron chi connectivity index (χ1n) is 10.0. The van der Waals surface area contributed by atoms with E-state index in [1.54, 1.807) is 16.9 Å². The van der Waals surface area contributed by atoms with Crippen molar-refractivity contribution in [3.63, 3.8) is 0 Å². The molecule has 33 heavy (non-hydrogen) atoms. The number of aryl methyl sites for hydroxylation is 1. The summed E-state index contributed by atoms with van der Waals surface area (Å²) >= 11 is 7.07. The Bertz CT molecular complexity index is 1310. The lowest BCUT2D eigenvalue weighted by molar-refractivity contribution is 0.0944. The molecule has 0 saturated heterocycles. The van der Waals surface area contributed by atoms with Crippen LogP contribution in [0.2, 0.25) is 5.15 Å². The fraction of sp³-hybridized carbons (Fsp3) is 0.227. The summed E-state index contributed by atoms with van der Waals surface area (Å²) in [5, 5.41) is 15.5. The molecular formula is C22H19ClF2N6OS. The summed E-state index contributed by atoms with van der Waals surface area (Å²) in [4.78, 5) is 17.4. The quantitative estimate of drug-likeness (QED) is 0.390. The molecule has 3 aromatic heterocycles. The Morgan fingerprint density at radius 3 is 2.73 bits per heavy atom. The van der Waals surface area contributed by atoms with E-state index in [0.717, 1.165) is 29.0 Å². The second-order valence-electron chi connectivity index (χ2n) is 7.40. The van der Waals surface area contributed by atoms with Crippen LogP contribution in [0.1, 0.15) is 34.4 Å². The van der Waals surface area contributed by atoms with Crippen LogP contribution >= 0.6 is 22.9 Å². The molecule has 4 rings (SSSR count). The van der Waals surface area contributed by atoms with Crippen LogP contribution in [0.4, 0.5) is 8.78 Å². The number of halogens is 3. The monoisotopic (exact) mass is 488 g/mol. The molecule has 1 atom stereocenters. The zero-order valence-corrected chi connectivity index (χ0v) is 19.3. The molecule has 0 bridgehead atoms. The molecule has 11 heteroatoms. The van der Waals surface area contributed by atoms with Crippen molar-refractivity contribution in [2.75, 3.05) is 6.54 Å². The highest BCUT2D eigenvalue weighted by Crippen LogP contribution is 2.35. The molecule has 1 amide bonds. The highest BCUT2D eigenvalue weighted by Gasteiger charge is 2.36. The smallest absolute Gasteiger partial charge is 0.282 e. The maximum atomic E-state index is 14.1. The molecule has 7 nitrogen and oxygen atoms in total. The lowest BCUT2D eigenvalue weighted by Gasteiger charge is -2.31. The largest absolute Gasteiger partial charge is 0.349 e.